The fourth-order valence-electron chi connectivity index (χ4n) is 2.97. The topological polar surface area (TPSA) is 120 Å². The minimum absolute atomic E-state index is 0.0771. The van der Waals surface area contributed by atoms with Gasteiger partial charge in [-0.15, -0.1) is 5.69 Å². The number of halogens is 1. The lowest BCUT2D eigenvalue weighted by Gasteiger charge is -2.21. The van der Waals surface area contributed by atoms with Crippen LogP contribution >= 0.6 is 11.6 Å². The molecule has 0 bridgehead atoms. The molecule has 0 aliphatic heterocycles. The van der Waals surface area contributed by atoms with Gasteiger partial charge in [-0.25, -0.2) is 22.7 Å². The van der Waals surface area contributed by atoms with Crippen molar-refractivity contribution >= 4 is 44.6 Å². The second-order valence-electron chi connectivity index (χ2n) is 7.15. The second-order valence-corrected chi connectivity index (χ2v) is 9.10. The monoisotopic (exact) mass is 478 g/mol. The third kappa shape index (κ3) is 5.21. The normalized spacial score (nSPS) is 11.4. The molecule has 3 aromatic rings. The average molecular weight is 479 g/mol. The fourth-order valence-corrected chi connectivity index (χ4v) is 3.65. The molecule has 0 unspecified atom stereocenters. The van der Waals surface area contributed by atoms with Crippen molar-refractivity contribution in [1.82, 2.24) is 9.62 Å². The maximum absolute atomic E-state index is 12.7. The summed E-state index contributed by atoms with van der Waals surface area (Å²) in [5, 5.41) is 0.779. The SMILES string of the molecule is CNS(=O)(=O)[N-]c1cccc(Cc2c(C)c3cc(Cl)c(OC(=O)N(C)C)cc3oc2=O)c1. The Morgan fingerprint density at radius 2 is 1.97 bits per heavy atom. The van der Waals surface area contributed by atoms with E-state index in [0.29, 0.717) is 22.1 Å². The number of ether oxygens (including phenoxy) is 1. The smallest absolute Gasteiger partial charge is 0.414 e. The summed E-state index contributed by atoms with van der Waals surface area (Å²) in [7, 11) is 0.543. The molecule has 0 saturated heterocycles. The first-order valence-corrected chi connectivity index (χ1v) is 11.2. The third-order valence-corrected chi connectivity index (χ3v) is 5.94. The van der Waals surface area contributed by atoms with Gasteiger partial charge in [0.25, 0.3) is 0 Å². The molecule has 1 heterocycles. The van der Waals surface area contributed by atoms with Gasteiger partial charge >= 0.3 is 11.7 Å². The third-order valence-electron chi connectivity index (χ3n) is 4.68. The number of fused-ring (bicyclic) bond motifs is 1. The van der Waals surface area contributed by atoms with Gasteiger partial charge in [-0.3, -0.25) is 0 Å². The molecule has 1 aromatic heterocycles. The lowest BCUT2D eigenvalue weighted by atomic mass is 9.99. The Labute approximate surface area is 190 Å². The summed E-state index contributed by atoms with van der Waals surface area (Å²) in [6, 6.07) is 9.51. The van der Waals surface area contributed by atoms with Crippen molar-refractivity contribution in [2.24, 2.45) is 0 Å². The Balaban J connectivity index is 1.98. The van der Waals surface area contributed by atoms with Crippen molar-refractivity contribution in [1.29, 1.82) is 0 Å². The predicted molar refractivity (Wildman–Crippen MR) is 122 cm³/mol. The number of hydrogen-bond acceptors (Lipinski definition) is 6. The maximum Gasteiger partial charge on any atom is 0.414 e. The fraction of sp³-hybridized carbons (Fsp3) is 0.238. The Morgan fingerprint density at radius 3 is 2.62 bits per heavy atom. The molecule has 1 N–H and O–H groups in total. The summed E-state index contributed by atoms with van der Waals surface area (Å²) >= 11 is 6.28. The van der Waals surface area contributed by atoms with Gasteiger partial charge in [0, 0.05) is 37.5 Å². The van der Waals surface area contributed by atoms with Crippen LogP contribution in [-0.4, -0.2) is 40.6 Å². The van der Waals surface area contributed by atoms with Crippen LogP contribution in [0.25, 0.3) is 15.7 Å². The van der Waals surface area contributed by atoms with Crippen LogP contribution in [0.3, 0.4) is 0 Å². The first-order valence-electron chi connectivity index (χ1n) is 9.41. The van der Waals surface area contributed by atoms with Crippen molar-refractivity contribution in [3.63, 3.8) is 0 Å². The van der Waals surface area contributed by atoms with Gasteiger partial charge in [0.1, 0.15) is 5.58 Å². The number of benzene rings is 2. The van der Waals surface area contributed by atoms with E-state index >= 15 is 0 Å². The van der Waals surface area contributed by atoms with Crippen LogP contribution in [0.5, 0.6) is 5.75 Å². The van der Waals surface area contributed by atoms with Crippen LogP contribution in [0.15, 0.2) is 45.6 Å². The highest BCUT2D eigenvalue weighted by Gasteiger charge is 2.17. The Bertz CT molecular complexity index is 1350. The van der Waals surface area contributed by atoms with E-state index in [1.165, 1.54) is 32.1 Å². The molecule has 1 amide bonds. The molecule has 3 rings (SSSR count). The number of nitrogens with one attached hydrogen (secondary N) is 1. The molecule has 170 valence electrons. The zero-order valence-electron chi connectivity index (χ0n) is 17.8. The molecular formula is C21H21ClN3O6S-. The molecule has 2 aromatic carbocycles. The molecule has 0 spiro atoms. The largest absolute Gasteiger partial charge is 0.564 e. The highest BCUT2D eigenvalue weighted by Crippen LogP contribution is 2.33. The van der Waals surface area contributed by atoms with E-state index in [0.717, 1.165) is 0 Å². The van der Waals surface area contributed by atoms with Gasteiger partial charge in [-0.05, 0) is 31.2 Å². The van der Waals surface area contributed by atoms with E-state index in [1.807, 2.05) is 0 Å². The number of amides is 1. The van der Waals surface area contributed by atoms with Crippen LogP contribution in [0.4, 0.5) is 10.5 Å². The standard InChI is InChI=1S/C21H21ClN3O6S/c1-12-15-10-17(22)19(31-21(27)25(3)4)11-18(15)30-20(26)16(12)9-13-6-5-7-14(8-13)24-32(28,29)23-2/h5-8,10-11,23H,9H2,1-4H3/q-1. The van der Waals surface area contributed by atoms with Crippen molar-refractivity contribution in [2.45, 2.75) is 13.3 Å². The molecule has 11 heteroatoms. The molecular weight excluding hydrogens is 458 g/mol. The van der Waals surface area contributed by atoms with E-state index in [9.17, 15) is 18.0 Å². The van der Waals surface area contributed by atoms with Gasteiger partial charge in [0.15, 0.2) is 16.0 Å². The number of carbonyl (C=O) groups excluding carboxylic acids is 1. The summed E-state index contributed by atoms with van der Waals surface area (Å²) in [5.74, 6) is 0.0771. The van der Waals surface area contributed by atoms with Gasteiger partial charge in [0.2, 0.25) is 0 Å². The predicted octanol–water partition coefficient (Wildman–Crippen LogP) is 3.88. The van der Waals surface area contributed by atoms with Gasteiger partial charge < -0.3 is 18.8 Å². The molecule has 0 aliphatic carbocycles. The summed E-state index contributed by atoms with van der Waals surface area (Å²) in [6.45, 7) is 1.76. The zero-order valence-corrected chi connectivity index (χ0v) is 19.4. The number of hydrogen-bond donors (Lipinski definition) is 1. The second kappa shape index (κ2) is 9.19. The lowest BCUT2D eigenvalue weighted by Crippen LogP contribution is -2.25. The van der Waals surface area contributed by atoms with E-state index < -0.39 is 21.9 Å². The maximum atomic E-state index is 12.7. The number of rotatable bonds is 6. The number of aryl methyl sites for hydroxylation is 1. The van der Waals surface area contributed by atoms with Crippen molar-refractivity contribution in [3.05, 3.63) is 73.3 Å². The van der Waals surface area contributed by atoms with Crippen molar-refractivity contribution in [3.8, 4) is 5.75 Å². The first-order chi connectivity index (χ1) is 15.0. The van der Waals surface area contributed by atoms with Gasteiger partial charge in [0.05, 0.1) is 5.02 Å². The van der Waals surface area contributed by atoms with Crippen LogP contribution in [-0.2, 0) is 16.6 Å². The highest BCUT2D eigenvalue weighted by atomic mass is 35.5. The van der Waals surface area contributed by atoms with E-state index in [2.05, 4.69) is 9.44 Å². The Morgan fingerprint density at radius 1 is 1.25 bits per heavy atom. The van der Waals surface area contributed by atoms with E-state index in [1.54, 1.807) is 37.3 Å². The van der Waals surface area contributed by atoms with Crippen molar-refractivity contribution in [2.75, 3.05) is 21.1 Å². The summed E-state index contributed by atoms with van der Waals surface area (Å²) in [5.41, 5.74) is 1.61. The van der Waals surface area contributed by atoms with E-state index in [-0.39, 0.29) is 28.5 Å². The van der Waals surface area contributed by atoms with E-state index in [4.69, 9.17) is 20.8 Å². The van der Waals surface area contributed by atoms with Gasteiger partial charge in [-0.2, -0.15) is 0 Å². The minimum atomic E-state index is -3.79. The molecule has 0 fully saturated rings. The molecule has 0 aliphatic rings. The molecule has 9 nitrogen and oxygen atoms in total. The Kier molecular flexibility index (Phi) is 6.77. The van der Waals surface area contributed by atoms with Crippen LogP contribution in [0.1, 0.15) is 16.7 Å². The molecule has 0 atom stereocenters. The zero-order chi connectivity index (χ0) is 23.6. The minimum Gasteiger partial charge on any atom is -0.564 e. The number of carbonyl (C=O) groups is 1. The Hall–Kier alpha value is -3.08. The van der Waals surface area contributed by atoms with Crippen molar-refractivity contribution < 1.29 is 22.4 Å². The molecule has 0 radical (unpaired) electrons. The van der Waals surface area contributed by atoms with Gasteiger partial charge in [-0.1, -0.05) is 35.9 Å². The highest BCUT2D eigenvalue weighted by molar-refractivity contribution is 7.92. The molecule has 32 heavy (non-hydrogen) atoms. The first kappa shape index (κ1) is 23.6. The quantitative estimate of drug-likeness (QED) is 0.537. The average Bonchev–Trinajstić information content (AvgIpc) is 2.72. The summed E-state index contributed by atoms with van der Waals surface area (Å²) in [4.78, 5) is 25.8. The molecule has 0 saturated carbocycles. The summed E-state index contributed by atoms with van der Waals surface area (Å²) < 4.78 is 39.8. The van der Waals surface area contributed by atoms with Crippen LogP contribution < -0.4 is 15.1 Å². The van der Waals surface area contributed by atoms with Crippen LogP contribution in [0.2, 0.25) is 5.02 Å². The summed E-state index contributed by atoms with van der Waals surface area (Å²) in [6.07, 6.45) is -0.422. The van der Waals surface area contributed by atoms with Crippen LogP contribution in [0, 0.1) is 6.92 Å². The lowest BCUT2D eigenvalue weighted by molar-refractivity contribution is 0.172. The number of nitrogens with zero attached hydrogens (tertiary/aromatic N) is 2.